The first kappa shape index (κ1) is 18.4. The minimum atomic E-state index is 0.0131. The highest BCUT2D eigenvalue weighted by atomic mass is 127. The van der Waals surface area contributed by atoms with Crippen LogP contribution >= 0.6 is 22.6 Å². The van der Waals surface area contributed by atoms with Gasteiger partial charge in [-0.1, -0.05) is 30.3 Å². The van der Waals surface area contributed by atoms with Crippen molar-refractivity contribution in [3.05, 3.63) is 69.3 Å². The van der Waals surface area contributed by atoms with Gasteiger partial charge in [-0.05, 0) is 52.4 Å². The average Bonchev–Trinajstić information content (AvgIpc) is 2.64. The second-order valence-corrected chi connectivity index (χ2v) is 7.61. The van der Waals surface area contributed by atoms with Gasteiger partial charge in [-0.25, -0.2) is 0 Å². The lowest BCUT2D eigenvalue weighted by atomic mass is 10.2. The van der Waals surface area contributed by atoms with Crippen molar-refractivity contribution in [1.82, 2.24) is 15.1 Å². The van der Waals surface area contributed by atoms with Crippen molar-refractivity contribution < 1.29 is 4.79 Å². The molecule has 1 fully saturated rings. The quantitative estimate of drug-likeness (QED) is 0.690. The van der Waals surface area contributed by atoms with E-state index in [9.17, 15) is 4.79 Å². The van der Waals surface area contributed by atoms with E-state index in [1.54, 1.807) is 0 Å². The normalized spacial score (nSPS) is 15.9. The summed E-state index contributed by atoms with van der Waals surface area (Å²) in [5.41, 5.74) is 2.11. The smallest absolute Gasteiger partial charge is 0.251 e. The molecule has 1 N–H and O–H groups in total. The summed E-state index contributed by atoms with van der Waals surface area (Å²) in [5.74, 6) is 0.0131. The van der Waals surface area contributed by atoms with Gasteiger partial charge in [0.15, 0.2) is 0 Å². The number of nitrogens with one attached hydrogen (secondary N) is 1. The molecule has 1 heterocycles. The summed E-state index contributed by atoms with van der Waals surface area (Å²) < 4.78 is 1.14. The topological polar surface area (TPSA) is 35.6 Å². The summed E-state index contributed by atoms with van der Waals surface area (Å²) in [6.45, 7) is 6.93. The van der Waals surface area contributed by atoms with Gasteiger partial charge < -0.3 is 5.32 Å². The fourth-order valence-corrected chi connectivity index (χ4v) is 3.40. The lowest BCUT2D eigenvalue weighted by Crippen LogP contribution is -2.48. The summed E-state index contributed by atoms with van der Waals surface area (Å²) in [6, 6.07) is 18.3. The minimum absolute atomic E-state index is 0.0131. The van der Waals surface area contributed by atoms with E-state index in [1.807, 2.05) is 24.3 Å². The molecule has 0 bridgehead atoms. The number of piperazine rings is 1. The summed E-state index contributed by atoms with van der Waals surface area (Å²) in [7, 11) is 0. The molecule has 5 heteroatoms. The number of nitrogens with zero attached hydrogens (tertiary/aromatic N) is 2. The lowest BCUT2D eigenvalue weighted by Gasteiger charge is -2.34. The molecule has 4 nitrogen and oxygen atoms in total. The molecule has 0 aliphatic carbocycles. The van der Waals surface area contributed by atoms with Crippen LogP contribution in [0.5, 0.6) is 0 Å². The molecule has 25 heavy (non-hydrogen) atoms. The summed E-state index contributed by atoms with van der Waals surface area (Å²) >= 11 is 2.24. The number of rotatable bonds is 6. The Morgan fingerprint density at radius 3 is 2.24 bits per heavy atom. The molecule has 2 aromatic carbocycles. The van der Waals surface area contributed by atoms with E-state index < -0.39 is 0 Å². The van der Waals surface area contributed by atoms with Crippen molar-refractivity contribution in [2.45, 2.75) is 6.54 Å². The maximum atomic E-state index is 12.1. The monoisotopic (exact) mass is 449 g/mol. The molecule has 3 rings (SSSR count). The first-order valence-electron chi connectivity index (χ1n) is 8.73. The van der Waals surface area contributed by atoms with E-state index in [1.165, 1.54) is 5.56 Å². The largest absolute Gasteiger partial charge is 0.351 e. The van der Waals surface area contributed by atoms with Crippen LogP contribution < -0.4 is 5.32 Å². The van der Waals surface area contributed by atoms with Gasteiger partial charge in [0, 0.05) is 54.9 Å². The third-order valence-corrected chi connectivity index (χ3v) is 5.25. The fourth-order valence-electron chi connectivity index (χ4n) is 3.04. The predicted octanol–water partition coefficient (Wildman–Crippen LogP) is 2.84. The second-order valence-electron chi connectivity index (χ2n) is 6.37. The minimum Gasteiger partial charge on any atom is -0.351 e. The van der Waals surface area contributed by atoms with Crippen molar-refractivity contribution >= 4 is 28.5 Å². The maximum absolute atomic E-state index is 12.1. The third-order valence-electron chi connectivity index (χ3n) is 4.53. The zero-order valence-electron chi connectivity index (χ0n) is 14.3. The Labute approximate surface area is 163 Å². The van der Waals surface area contributed by atoms with Crippen LogP contribution in [0, 0.1) is 3.57 Å². The fraction of sp³-hybridized carbons (Fsp3) is 0.350. The van der Waals surface area contributed by atoms with Crippen LogP contribution in [0.2, 0.25) is 0 Å². The van der Waals surface area contributed by atoms with Gasteiger partial charge in [0.1, 0.15) is 0 Å². The van der Waals surface area contributed by atoms with Gasteiger partial charge in [0.25, 0.3) is 5.91 Å². The molecule has 0 saturated carbocycles. The number of amides is 1. The molecular weight excluding hydrogens is 425 g/mol. The van der Waals surface area contributed by atoms with Gasteiger partial charge in [-0.3, -0.25) is 14.6 Å². The number of carbonyl (C=O) groups excluding carboxylic acids is 1. The van der Waals surface area contributed by atoms with E-state index in [2.05, 4.69) is 68.0 Å². The zero-order chi connectivity index (χ0) is 17.5. The van der Waals surface area contributed by atoms with Gasteiger partial charge in [-0.2, -0.15) is 0 Å². The molecular formula is C20H24IN3O. The van der Waals surface area contributed by atoms with E-state index in [-0.39, 0.29) is 5.91 Å². The maximum Gasteiger partial charge on any atom is 0.251 e. The summed E-state index contributed by atoms with van der Waals surface area (Å²) in [6.07, 6.45) is 0. The highest BCUT2D eigenvalue weighted by Crippen LogP contribution is 2.08. The Morgan fingerprint density at radius 2 is 1.56 bits per heavy atom. The van der Waals surface area contributed by atoms with E-state index in [4.69, 9.17) is 0 Å². The van der Waals surface area contributed by atoms with Crippen LogP contribution in [-0.4, -0.2) is 55.0 Å². The number of carbonyl (C=O) groups is 1. The average molecular weight is 449 g/mol. The Hall–Kier alpha value is -1.44. The summed E-state index contributed by atoms with van der Waals surface area (Å²) in [4.78, 5) is 17.0. The van der Waals surface area contributed by atoms with Gasteiger partial charge in [0.05, 0.1) is 0 Å². The highest BCUT2D eigenvalue weighted by Gasteiger charge is 2.16. The van der Waals surface area contributed by atoms with E-state index >= 15 is 0 Å². The van der Waals surface area contributed by atoms with Crippen LogP contribution in [0.25, 0.3) is 0 Å². The number of halogens is 1. The van der Waals surface area contributed by atoms with Crippen LogP contribution in [0.4, 0.5) is 0 Å². The predicted molar refractivity (Wildman–Crippen MR) is 110 cm³/mol. The van der Waals surface area contributed by atoms with Crippen molar-refractivity contribution in [3.63, 3.8) is 0 Å². The van der Waals surface area contributed by atoms with Crippen molar-refractivity contribution in [2.24, 2.45) is 0 Å². The molecule has 1 aliphatic heterocycles. The molecule has 1 saturated heterocycles. The van der Waals surface area contributed by atoms with Crippen LogP contribution in [0.3, 0.4) is 0 Å². The Balaban J connectivity index is 1.35. The Morgan fingerprint density at radius 1 is 0.920 bits per heavy atom. The molecule has 1 amide bonds. The van der Waals surface area contributed by atoms with Gasteiger partial charge >= 0.3 is 0 Å². The van der Waals surface area contributed by atoms with E-state index in [0.717, 1.165) is 48.4 Å². The Kier molecular flexibility index (Phi) is 6.84. The van der Waals surface area contributed by atoms with Crippen LogP contribution in [-0.2, 0) is 6.54 Å². The Bertz CT molecular complexity index is 667. The number of benzene rings is 2. The first-order valence-corrected chi connectivity index (χ1v) is 9.81. The van der Waals surface area contributed by atoms with Crippen molar-refractivity contribution in [1.29, 1.82) is 0 Å². The standard InChI is InChI=1S/C20H24IN3O/c21-19-8-6-18(7-9-19)20(25)22-10-11-23-12-14-24(15-13-23)16-17-4-2-1-3-5-17/h1-9H,10-16H2,(H,22,25). The van der Waals surface area contributed by atoms with Crippen LogP contribution in [0.1, 0.15) is 15.9 Å². The molecule has 0 aromatic heterocycles. The molecule has 0 spiro atoms. The lowest BCUT2D eigenvalue weighted by molar-refractivity contribution is 0.0934. The molecule has 0 unspecified atom stereocenters. The van der Waals surface area contributed by atoms with Crippen molar-refractivity contribution in [2.75, 3.05) is 39.3 Å². The highest BCUT2D eigenvalue weighted by molar-refractivity contribution is 14.1. The SMILES string of the molecule is O=C(NCCN1CCN(Cc2ccccc2)CC1)c1ccc(I)cc1. The van der Waals surface area contributed by atoms with Crippen molar-refractivity contribution in [3.8, 4) is 0 Å². The summed E-state index contributed by atoms with van der Waals surface area (Å²) in [5, 5.41) is 3.02. The molecule has 0 atom stereocenters. The van der Waals surface area contributed by atoms with E-state index in [0.29, 0.717) is 6.54 Å². The molecule has 0 radical (unpaired) electrons. The molecule has 1 aliphatic rings. The van der Waals surface area contributed by atoms with Crippen LogP contribution in [0.15, 0.2) is 54.6 Å². The second kappa shape index (κ2) is 9.31. The third kappa shape index (κ3) is 5.80. The zero-order valence-corrected chi connectivity index (χ0v) is 16.5. The van der Waals surface area contributed by atoms with Gasteiger partial charge in [-0.15, -0.1) is 0 Å². The molecule has 2 aromatic rings. The first-order chi connectivity index (χ1) is 12.2. The number of hydrogen-bond donors (Lipinski definition) is 1. The number of hydrogen-bond acceptors (Lipinski definition) is 3. The molecule has 132 valence electrons. The van der Waals surface area contributed by atoms with Gasteiger partial charge in [0.2, 0.25) is 0 Å².